The Balaban J connectivity index is 1.43. The molecule has 2 fully saturated rings. The number of carbonyl (C=O) groups is 1. The monoisotopic (exact) mass is 325 g/mol. The van der Waals surface area contributed by atoms with E-state index in [0.29, 0.717) is 18.4 Å². The molecule has 1 amide bonds. The molecular weight excluding hydrogens is 302 g/mol. The fourth-order valence-corrected chi connectivity index (χ4v) is 3.48. The van der Waals surface area contributed by atoms with Gasteiger partial charge in [-0.25, -0.2) is 0 Å². The normalized spacial score (nSPS) is 21.0. The SMILES string of the molecule is Cc1ccc(CC(=O)N2CCC[C@@H](c3nncn3C3CC3)C2)cn1. The number of amides is 1. The molecule has 0 bridgehead atoms. The first kappa shape index (κ1) is 15.3. The lowest BCUT2D eigenvalue weighted by molar-refractivity contribution is -0.131. The minimum atomic E-state index is 0.183. The van der Waals surface area contributed by atoms with Gasteiger partial charge < -0.3 is 9.47 Å². The molecule has 1 saturated heterocycles. The van der Waals surface area contributed by atoms with E-state index in [2.05, 4.69) is 19.7 Å². The van der Waals surface area contributed by atoms with Crippen molar-refractivity contribution in [2.45, 2.75) is 51.0 Å². The Labute approximate surface area is 141 Å². The first-order chi connectivity index (χ1) is 11.7. The molecule has 126 valence electrons. The number of nitrogens with zero attached hydrogens (tertiary/aromatic N) is 5. The van der Waals surface area contributed by atoms with E-state index in [1.165, 1.54) is 12.8 Å². The Morgan fingerprint density at radius 3 is 2.92 bits per heavy atom. The van der Waals surface area contributed by atoms with Crippen LogP contribution in [-0.4, -0.2) is 43.6 Å². The van der Waals surface area contributed by atoms with Gasteiger partial charge in [0.2, 0.25) is 5.91 Å². The third-order valence-electron chi connectivity index (χ3n) is 5.01. The van der Waals surface area contributed by atoms with E-state index in [1.54, 1.807) is 6.20 Å². The van der Waals surface area contributed by atoms with Crippen LogP contribution in [0.15, 0.2) is 24.7 Å². The van der Waals surface area contributed by atoms with Crippen LogP contribution < -0.4 is 0 Å². The minimum absolute atomic E-state index is 0.183. The van der Waals surface area contributed by atoms with Crippen LogP contribution >= 0.6 is 0 Å². The van der Waals surface area contributed by atoms with Gasteiger partial charge in [0.25, 0.3) is 0 Å². The lowest BCUT2D eigenvalue weighted by Gasteiger charge is -2.32. The Kier molecular flexibility index (Phi) is 4.04. The zero-order valence-electron chi connectivity index (χ0n) is 14.1. The Hall–Kier alpha value is -2.24. The number of rotatable bonds is 4. The van der Waals surface area contributed by atoms with Crippen LogP contribution in [0.2, 0.25) is 0 Å². The lowest BCUT2D eigenvalue weighted by atomic mass is 9.96. The van der Waals surface area contributed by atoms with E-state index in [9.17, 15) is 4.79 Å². The standard InChI is InChI=1S/C18H23N5O/c1-13-4-5-14(10-19-13)9-17(24)22-8-2-3-15(11-22)18-21-20-12-23(18)16-6-7-16/h4-5,10,12,15-16H,2-3,6-9,11H2,1H3/t15-/m1/s1. The van der Waals surface area contributed by atoms with E-state index in [0.717, 1.165) is 43.0 Å². The molecule has 0 N–H and O–H groups in total. The molecule has 2 aliphatic rings. The van der Waals surface area contributed by atoms with Crippen molar-refractivity contribution in [1.82, 2.24) is 24.6 Å². The van der Waals surface area contributed by atoms with Gasteiger partial charge in [0.05, 0.1) is 6.42 Å². The van der Waals surface area contributed by atoms with Crippen LogP contribution in [0.4, 0.5) is 0 Å². The van der Waals surface area contributed by atoms with Gasteiger partial charge in [-0.05, 0) is 44.2 Å². The van der Waals surface area contributed by atoms with Crippen LogP contribution in [0.1, 0.15) is 54.7 Å². The average molecular weight is 325 g/mol. The second-order valence-electron chi connectivity index (χ2n) is 6.99. The van der Waals surface area contributed by atoms with Gasteiger partial charge >= 0.3 is 0 Å². The summed E-state index contributed by atoms with van der Waals surface area (Å²) in [6, 6.07) is 4.53. The van der Waals surface area contributed by atoms with Crippen LogP contribution in [-0.2, 0) is 11.2 Å². The molecule has 1 saturated carbocycles. The quantitative estimate of drug-likeness (QED) is 0.865. The molecular formula is C18H23N5O. The number of hydrogen-bond donors (Lipinski definition) is 0. The summed E-state index contributed by atoms with van der Waals surface area (Å²) in [5.41, 5.74) is 1.96. The maximum absolute atomic E-state index is 12.7. The summed E-state index contributed by atoms with van der Waals surface area (Å²) in [7, 11) is 0. The Bertz CT molecular complexity index is 719. The van der Waals surface area contributed by atoms with E-state index >= 15 is 0 Å². The second-order valence-corrected chi connectivity index (χ2v) is 6.99. The van der Waals surface area contributed by atoms with Gasteiger partial charge in [-0.2, -0.15) is 0 Å². The maximum atomic E-state index is 12.7. The van der Waals surface area contributed by atoms with E-state index in [-0.39, 0.29) is 5.91 Å². The van der Waals surface area contributed by atoms with Crippen molar-refractivity contribution in [3.63, 3.8) is 0 Å². The molecule has 6 nitrogen and oxygen atoms in total. The van der Waals surface area contributed by atoms with Gasteiger partial charge in [-0.15, -0.1) is 10.2 Å². The predicted molar refractivity (Wildman–Crippen MR) is 89.5 cm³/mol. The van der Waals surface area contributed by atoms with Crippen molar-refractivity contribution in [1.29, 1.82) is 0 Å². The van der Waals surface area contributed by atoms with Crippen molar-refractivity contribution in [3.05, 3.63) is 41.7 Å². The highest BCUT2D eigenvalue weighted by Gasteiger charge is 2.32. The highest BCUT2D eigenvalue weighted by molar-refractivity contribution is 5.78. The smallest absolute Gasteiger partial charge is 0.227 e. The summed E-state index contributed by atoms with van der Waals surface area (Å²) in [5.74, 6) is 1.55. The summed E-state index contributed by atoms with van der Waals surface area (Å²) < 4.78 is 2.22. The van der Waals surface area contributed by atoms with E-state index < -0.39 is 0 Å². The van der Waals surface area contributed by atoms with Gasteiger partial charge in [0, 0.05) is 36.9 Å². The predicted octanol–water partition coefficient (Wildman–Crippen LogP) is 2.27. The highest BCUT2D eigenvalue weighted by atomic mass is 16.2. The van der Waals surface area contributed by atoms with E-state index in [4.69, 9.17) is 0 Å². The first-order valence-electron chi connectivity index (χ1n) is 8.79. The maximum Gasteiger partial charge on any atom is 0.227 e. The Morgan fingerprint density at radius 2 is 2.17 bits per heavy atom. The molecule has 1 aliphatic carbocycles. The highest BCUT2D eigenvalue weighted by Crippen LogP contribution is 2.38. The third kappa shape index (κ3) is 3.18. The summed E-state index contributed by atoms with van der Waals surface area (Å²) >= 11 is 0. The topological polar surface area (TPSA) is 63.9 Å². The number of carbonyl (C=O) groups excluding carboxylic acids is 1. The molecule has 0 spiro atoms. The van der Waals surface area contributed by atoms with Crippen molar-refractivity contribution < 1.29 is 4.79 Å². The number of hydrogen-bond acceptors (Lipinski definition) is 4. The van der Waals surface area contributed by atoms with Crippen LogP contribution in [0.3, 0.4) is 0 Å². The minimum Gasteiger partial charge on any atom is -0.342 e. The number of likely N-dealkylation sites (tertiary alicyclic amines) is 1. The van der Waals surface area contributed by atoms with Gasteiger partial charge in [-0.1, -0.05) is 6.07 Å². The van der Waals surface area contributed by atoms with Crippen LogP contribution in [0, 0.1) is 6.92 Å². The number of piperidine rings is 1. The molecule has 2 aromatic heterocycles. The molecule has 0 aromatic carbocycles. The fraction of sp³-hybridized carbons (Fsp3) is 0.556. The van der Waals surface area contributed by atoms with E-state index in [1.807, 2.05) is 30.3 Å². The zero-order valence-corrected chi connectivity index (χ0v) is 14.1. The summed E-state index contributed by atoms with van der Waals surface area (Å²) in [6.07, 6.45) is 8.64. The van der Waals surface area contributed by atoms with Crippen LogP contribution in [0.5, 0.6) is 0 Å². The fourth-order valence-electron chi connectivity index (χ4n) is 3.48. The number of aromatic nitrogens is 4. The average Bonchev–Trinajstić information content (AvgIpc) is 3.33. The first-order valence-corrected chi connectivity index (χ1v) is 8.79. The lowest BCUT2D eigenvalue weighted by Crippen LogP contribution is -2.40. The molecule has 1 aliphatic heterocycles. The molecule has 3 heterocycles. The zero-order chi connectivity index (χ0) is 16.5. The largest absolute Gasteiger partial charge is 0.342 e. The number of aryl methyl sites for hydroxylation is 1. The van der Waals surface area contributed by atoms with Crippen molar-refractivity contribution in [3.8, 4) is 0 Å². The van der Waals surface area contributed by atoms with Gasteiger partial charge in [-0.3, -0.25) is 9.78 Å². The van der Waals surface area contributed by atoms with Crippen molar-refractivity contribution in [2.24, 2.45) is 0 Å². The molecule has 6 heteroatoms. The molecule has 0 radical (unpaired) electrons. The molecule has 2 aromatic rings. The summed E-state index contributed by atoms with van der Waals surface area (Å²) in [4.78, 5) is 18.9. The molecule has 24 heavy (non-hydrogen) atoms. The Morgan fingerprint density at radius 1 is 1.29 bits per heavy atom. The van der Waals surface area contributed by atoms with Crippen molar-refractivity contribution in [2.75, 3.05) is 13.1 Å². The molecule has 4 rings (SSSR count). The summed E-state index contributed by atoms with van der Waals surface area (Å²) in [6.45, 7) is 3.55. The van der Waals surface area contributed by atoms with Crippen LogP contribution in [0.25, 0.3) is 0 Å². The van der Waals surface area contributed by atoms with Gasteiger partial charge in [0.15, 0.2) is 0 Å². The second kappa shape index (κ2) is 6.34. The number of pyridine rings is 1. The third-order valence-corrected chi connectivity index (χ3v) is 5.01. The van der Waals surface area contributed by atoms with Crippen molar-refractivity contribution >= 4 is 5.91 Å². The van der Waals surface area contributed by atoms with Gasteiger partial charge in [0.1, 0.15) is 12.2 Å². The summed E-state index contributed by atoms with van der Waals surface area (Å²) in [5, 5.41) is 8.46. The molecule has 0 unspecified atom stereocenters. The molecule has 1 atom stereocenters.